The molecule has 0 aromatic heterocycles. The van der Waals surface area contributed by atoms with Gasteiger partial charge in [-0.05, 0) is 259 Å². The zero-order chi connectivity index (χ0) is 51.3. The summed E-state index contributed by atoms with van der Waals surface area (Å²) in [4.78, 5) is 99.0. The van der Waals surface area contributed by atoms with Crippen molar-refractivity contribution >= 4 is 226 Å². The number of anilines is 1. The van der Waals surface area contributed by atoms with E-state index in [4.69, 9.17) is 4.74 Å². The molecule has 1 N–H and O–H groups in total. The molecule has 364 valence electrons. The summed E-state index contributed by atoms with van der Waals surface area (Å²) in [5, 5.41) is 9.47. The average Bonchev–Trinajstić information content (AvgIpc) is 4.03. The highest BCUT2D eigenvalue weighted by molar-refractivity contribution is 14.1. The number of hydrogen-bond acceptors (Lipinski definition) is 10. The van der Waals surface area contributed by atoms with Gasteiger partial charge in [-0.1, -0.05) is 29.8 Å². The Hall–Kier alpha value is -1.76. The van der Waals surface area contributed by atoms with Crippen molar-refractivity contribution in [3.05, 3.63) is 125 Å². The highest BCUT2D eigenvalue weighted by Crippen LogP contribution is 2.36. The number of carbonyl (C=O) groups excluding carboxylic acids is 8. The van der Waals surface area contributed by atoms with Crippen LogP contribution in [0.2, 0.25) is 0 Å². The number of carbonyl (C=O) groups is 8. The minimum atomic E-state index is -0.452. The lowest BCUT2D eigenvalue weighted by Gasteiger charge is -2.18. The maximum Gasteiger partial charge on any atom is 0.273 e. The Morgan fingerprint density at radius 1 is 0.565 bits per heavy atom. The first-order chi connectivity index (χ1) is 32.3. The number of halogens is 10. The van der Waals surface area contributed by atoms with Crippen LogP contribution in [0.3, 0.4) is 0 Å². The first-order valence-corrected chi connectivity index (χ1v) is 28.5. The van der Waals surface area contributed by atoms with Crippen molar-refractivity contribution in [1.82, 2.24) is 14.7 Å². The number of aryl methyl sites for hydroxylation is 2. The summed E-state index contributed by atoms with van der Waals surface area (Å²) in [5.74, 6) is -2.63. The molecule has 0 spiro atoms. The molecule has 1 atom stereocenters. The number of imide groups is 4. The number of phenolic OH excluding ortho intramolecular Hbond substituents is 1. The van der Waals surface area contributed by atoms with Gasteiger partial charge in [0.05, 0.1) is 24.9 Å². The van der Waals surface area contributed by atoms with Gasteiger partial charge >= 0.3 is 0 Å². The summed E-state index contributed by atoms with van der Waals surface area (Å²) >= 11 is 29.3. The summed E-state index contributed by atoms with van der Waals surface area (Å²) in [5.41, 5.74) is 5.55. The topological polar surface area (TPSA) is 179 Å². The van der Waals surface area contributed by atoms with Crippen molar-refractivity contribution in [2.75, 3.05) is 24.6 Å². The monoisotopic (exact) mass is 1680 g/mol. The van der Waals surface area contributed by atoms with Crippen LogP contribution in [0, 0.1) is 27.9 Å². The van der Waals surface area contributed by atoms with E-state index in [9.17, 15) is 43.5 Å². The van der Waals surface area contributed by atoms with E-state index in [1.165, 1.54) is 33.5 Å². The summed E-state index contributed by atoms with van der Waals surface area (Å²) in [6.07, 6.45) is 2.56. The average molecular weight is 1680 g/mol. The number of amides is 8. The molecule has 5 aliphatic rings. The predicted molar refractivity (Wildman–Crippen MR) is 304 cm³/mol. The van der Waals surface area contributed by atoms with E-state index < -0.39 is 11.8 Å². The molecule has 24 heteroatoms. The number of benzene rings is 3. The fraction of sp³-hybridized carbons (Fsp3) is 0.244. The Morgan fingerprint density at radius 2 is 1.03 bits per heavy atom. The molecule has 1 fully saturated rings. The number of rotatable bonds is 8. The largest absolute Gasteiger partial charge is 0.508 e. The van der Waals surface area contributed by atoms with Crippen LogP contribution in [0.4, 0.5) is 5.69 Å². The fourth-order valence-corrected chi connectivity index (χ4v) is 11.6. The molecule has 1 unspecified atom stereocenters. The molecule has 0 radical (unpaired) electrons. The van der Waals surface area contributed by atoms with E-state index >= 15 is 0 Å². The van der Waals surface area contributed by atoms with Gasteiger partial charge in [-0.2, -0.15) is 0 Å². The number of ether oxygens (including phenoxy) is 1. The van der Waals surface area contributed by atoms with Crippen LogP contribution in [0.25, 0.3) is 0 Å². The number of aromatic hydroxyl groups is 1. The van der Waals surface area contributed by atoms with Crippen LogP contribution < -0.4 is 4.90 Å². The normalized spacial score (nSPS) is 18.3. The van der Waals surface area contributed by atoms with E-state index in [-0.39, 0.29) is 65.2 Å². The minimum absolute atomic E-state index is 0.00315. The van der Waals surface area contributed by atoms with Crippen LogP contribution in [-0.4, -0.2) is 92.9 Å². The summed E-state index contributed by atoms with van der Waals surface area (Å²) in [7, 11) is 0. The number of nitrogens with zero attached hydrogens (tertiary/aromatic N) is 4. The lowest BCUT2D eigenvalue weighted by atomic mass is 10.1. The van der Waals surface area contributed by atoms with Crippen molar-refractivity contribution in [3.8, 4) is 5.75 Å². The lowest BCUT2D eigenvalue weighted by Crippen LogP contribution is -2.37. The zero-order valence-corrected chi connectivity index (χ0v) is 52.9. The second-order valence-corrected chi connectivity index (χ2v) is 23.9. The number of hydrogen-bond donors (Lipinski definition) is 1. The maximum absolute atomic E-state index is 11.9. The summed E-state index contributed by atoms with van der Waals surface area (Å²) < 4.78 is 9.92. The van der Waals surface area contributed by atoms with Crippen molar-refractivity contribution < 1.29 is 48.2 Å². The molecule has 3 aromatic rings. The van der Waals surface area contributed by atoms with Crippen molar-refractivity contribution in [1.29, 1.82) is 0 Å². The smallest absolute Gasteiger partial charge is 0.273 e. The van der Waals surface area contributed by atoms with Gasteiger partial charge in [0, 0.05) is 26.4 Å². The molecular weight excluding hydrogens is 1650 g/mol. The van der Waals surface area contributed by atoms with Gasteiger partial charge < -0.3 is 9.84 Å². The van der Waals surface area contributed by atoms with E-state index in [0.717, 1.165) is 46.6 Å². The lowest BCUT2D eigenvalue weighted by molar-refractivity contribution is -0.139. The molecule has 8 rings (SSSR count). The van der Waals surface area contributed by atoms with Gasteiger partial charge in [0.25, 0.3) is 47.3 Å². The molecule has 0 bridgehead atoms. The molecular formula is C45H34Br8I2N4O10. The van der Waals surface area contributed by atoms with Crippen LogP contribution >= 0.6 is 173 Å². The first-order valence-electron chi connectivity index (χ1n) is 20.0. The molecule has 3 aromatic carbocycles. The summed E-state index contributed by atoms with van der Waals surface area (Å²) in [6.45, 7) is 7.57. The Morgan fingerprint density at radius 3 is 1.48 bits per heavy atom. The molecule has 69 heavy (non-hydrogen) atoms. The van der Waals surface area contributed by atoms with Crippen LogP contribution in [-0.2, 0) is 56.1 Å². The van der Waals surface area contributed by atoms with Gasteiger partial charge in [-0.25, -0.2) is 4.90 Å². The van der Waals surface area contributed by atoms with Crippen LogP contribution in [0.15, 0.2) is 90.5 Å². The molecule has 5 heterocycles. The highest BCUT2D eigenvalue weighted by Gasteiger charge is 2.40. The van der Waals surface area contributed by atoms with Gasteiger partial charge in [-0.3, -0.25) is 53.1 Å². The zero-order valence-electron chi connectivity index (χ0n) is 35.9. The van der Waals surface area contributed by atoms with E-state index in [1.54, 1.807) is 19.1 Å². The molecule has 8 amide bonds. The maximum atomic E-state index is 11.9. The molecule has 5 aliphatic heterocycles. The second kappa shape index (κ2) is 25.5. The quantitative estimate of drug-likeness (QED) is 0.169. The minimum Gasteiger partial charge on any atom is -0.508 e. The Balaban J connectivity index is 0.000000172. The first kappa shape index (κ1) is 58.1. The Kier molecular flexibility index (Phi) is 21.4. The SMILES string of the molecule is Cc1c(I)cc(CCN2C(=O)C(Br)=C(Br)C2=O)cc1I.Cc1cc(O)cc(N2C(=O)C(Br)=C(Br)C2=O)c1.Cc1cccc(CN2C(=O)C(Br)=C(Br)C2=O)c1.O=C1C(Br)=C(Br)C(=O)N1CC1CCCO1. The van der Waals surface area contributed by atoms with E-state index in [0.29, 0.717) is 49.7 Å². The Bertz CT molecular complexity index is 2710. The van der Waals surface area contributed by atoms with Gasteiger partial charge in [0.15, 0.2) is 0 Å². The number of phenols is 1. The molecule has 0 aliphatic carbocycles. The van der Waals surface area contributed by atoms with Crippen molar-refractivity contribution in [2.24, 2.45) is 0 Å². The third kappa shape index (κ3) is 13.9. The summed E-state index contributed by atoms with van der Waals surface area (Å²) in [6, 6.07) is 16.5. The molecule has 1 saturated heterocycles. The van der Waals surface area contributed by atoms with Crippen LogP contribution in [0.1, 0.15) is 40.7 Å². The molecule has 14 nitrogen and oxygen atoms in total. The standard InChI is InChI=1S/C13H9Br2I2NO2.C12H9Br2NO2.C11H7Br2NO3.C9H9Br2NO3/c1-6-8(16)4-7(5-9(6)17)2-3-18-12(19)10(14)11(15)13(18)20;1-7-3-2-4-8(5-7)6-15-11(16)9(13)10(14)12(15)17;1-5-2-6(4-7(15)3-5)14-10(16)8(12)9(13)11(14)17;10-6-7(11)9(14)12(8(6)13)4-5-2-1-3-15-5/h4-5H,2-3H2,1H3;2-5H,6H2,1H3;2-4,15H,1H3;5H,1-4H2. The van der Waals surface area contributed by atoms with Crippen molar-refractivity contribution in [3.63, 3.8) is 0 Å². The Labute approximate surface area is 490 Å². The van der Waals surface area contributed by atoms with E-state index in [2.05, 4.69) is 192 Å². The predicted octanol–water partition coefficient (Wildman–Crippen LogP) is 11.1. The van der Waals surface area contributed by atoms with Crippen LogP contribution in [0.5, 0.6) is 5.75 Å². The highest BCUT2D eigenvalue weighted by atomic mass is 127. The third-order valence-electron chi connectivity index (χ3n) is 10.3. The van der Waals surface area contributed by atoms with Crippen molar-refractivity contribution in [2.45, 2.75) is 52.7 Å². The second-order valence-electron chi connectivity index (χ2n) is 15.2. The fourth-order valence-electron chi connectivity index (χ4n) is 6.71. The third-order valence-corrected chi connectivity index (χ3v) is 20.5. The van der Waals surface area contributed by atoms with Gasteiger partial charge in [0.2, 0.25) is 0 Å². The van der Waals surface area contributed by atoms with Gasteiger partial charge in [0.1, 0.15) is 41.6 Å². The molecule has 0 saturated carbocycles. The van der Waals surface area contributed by atoms with E-state index in [1.807, 2.05) is 31.2 Å². The van der Waals surface area contributed by atoms with Gasteiger partial charge in [-0.15, -0.1) is 0 Å².